The van der Waals surface area contributed by atoms with E-state index >= 15 is 0 Å². The van der Waals surface area contributed by atoms with E-state index in [1.807, 2.05) is 0 Å². The molecule has 9 atom stereocenters. The van der Waals surface area contributed by atoms with E-state index in [1.165, 1.54) is 38.5 Å². The molecular weight excluding hydrogens is 294 g/mol. The number of nitriles is 1. The molecule has 134 valence electrons. The van der Waals surface area contributed by atoms with E-state index in [-0.39, 0.29) is 11.5 Å². The molecule has 4 rings (SSSR count). The second-order valence-electron chi connectivity index (χ2n) is 10.0. The van der Waals surface area contributed by atoms with Crippen LogP contribution in [0.5, 0.6) is 0 Å². The van der Waals surface area contributed by atoms with Gasteiger partial charge in [0.05, 0.1) is 18.1 Å². The van der Waals surface area contributed by atoms with Gasteiger partial charge in [-0.1, -0.05) is 27.2 Å². The third-order valence-electron chi connectivity index (χ3n) is 9.56. The lowest BCUT2D eigenvalue weighted by Gasteiger charge is -2.62. The molecule has 0 heterocycles. The van der Waals surface area contributed by atoms with Crippen LogP contribution in [0.2, 0.25) is 0 Å². The summed E-state index contributed by atoms with van der Waals surface area (Å²) in [6.45, 7) is 7.28. The van der Waals surface area contributed by atoms with E-state index in [9.17, 15) is 10.4 Å². The molecule has 0 aromatic carbocycles. The molecule has 0 unspecified atom stereocenters. The van der Waals surface area contributed by atoms with Gasteiger partial charge in [-0.3, -0.25) is 0 Å². The van der Waals surface area contributed by atoms with Gasteiger partial charge in [0.25, 0.3) is 0 Å². The normalized spacial score (nSPS) is 56.7. The summed E-state index contributed by atoms with van der Waals surface area (Å²) in [6.07, 6.45) is 11.0. The van der Waals surface area contributed by atoms with Crippen molar-refractivity contribution in [2.24, 2.45) is 46.3 Å². The smallest absolute Gasteiger partial charge is 0.0661 e. The summed E-state index contributed by atoms with van der Waals surface area (Å²) < 4.78 is 0. The molecular formula is C22H35NO. The topological polar surface area (TPSA) is 44.0 Å². The van der Waals surface area contributed by atoms with Gasteiger partial charge in [0.15, 0.2) is 0 Å². The Labute approximate surface area is 148 Å². The number of nitrogens with zero attached hydrogens (tertiary/aromatic N) is 1. The molecule has 2 heteroatoms. The van der Waals surface area contributed by atoms with Gasteiger partial charge in [-0.2, -0.15) is 5.26 Å². The van der Waals surface area contributed by atoms with Crippen molar-refractivity contribution >= 4 is 0 Å². The summed E-state index contributed by atoms with van der Waals surface area (Å²) >= 11 is 0. The van der Waals surface area contributed by atoms with Gasteiger partial charge in [0, 0.05) is 0 Å². The zero-order chi connectivity index (χ0) is 17.1. The molecule has 0 aliphatic heterocycles. The van der Waals surface area contributed by atoms with E-state index in [1.54, 1.807) is 0 Å². The van der Waals surface area contributed by atoms with E-state index < -0.39 is 0 Å². The number of fused-ring (bicyclic) bond motifs is 5. The van der Waals surface area contributed by atoms with Crippen molar-refractivity contribution in [3.05, 3.63) is 0 Å². The summed E-state index contributed by atoms with van der Waals surface area (Å²) in [4.78, 5) is 0. The van der Waals surface area contributed by atoms with Crippen molar-refractivity contribution in [1.29, 1.82) is 5.26 Å². The molecule has 0 amide bonds. The minimum absolute atomic E-state index is 0.0621. The van der Waals surface area contributed by atoms with Crippen LogP contribution in [-0.2, 0) is 0 Å². The fourth-order valence-electron chi connectivity index (χ4n) is 8.27. The standard InChI is InChI=1S/C22H35NO/c1-4-15-17-8-6-16-18-7-5-14(13-23)21(18,2)11-9-19(16)22(17,3)12-10-20(15)24/h14-20,24H,4-12H2,1-3H3/t14-,15-,16+,17+,18+,19+,20-,21-,22+/m1/s1. The highest BCUT2D eigenvalue weighted by atomic mass is 16.3. The zero-order valence-corrected chi connectivity index (χ0v) is 15.8. The van der Waals surface area contributed by atoms with E-state index in [0.717, 1.165) is 42.9 Å². The van der Waals surface area contributed by atoms with Crippen LogP contribution >= 0.6 is 0 Å². The quantitative estimate of drug-likeness (QED) is 0.721. The summed E-state index contributed by atoms with van der Waals surface area (Å²) in [5.74, 6) is 4.01. The molecule has 0 bridgehead atoms. The van der Waals surface area contributed by atoms with Crippen LogP contribution in [0.25, 0.3) is 0 Å². The maximum Gasteiger partial charge on any atom is 0.0661 e. The van der Waals surface area contributed by atoms with E-state index in [0.29, 0.717) is 17.3 Å². The fourth-order valence-corrected chi connectivity index (χ4v) is 8.27. The van der Waals surface area contributed by atoms with Gasteiger partial charge in [-0.05, 0) is 91.8 Å². The van der Waals surface area contributed by atoms with Crippen LogP contribution in [0, 0.1) is 57.7 Å². The van der Waals surface area contributed by atoms with Crippen molar-refractivity contribution in [2.75, 3.05) is 0 Å². The van der Waals surface area contributed by atoms with Crippen molar-refractivity contribution in [2.45, 2.75) is 84.7 Å². The molecule has 4 saturated carbocycles. The van der Waals surface area contributed by atoms with Crippen molar-refractivity contribution in [3.63, 3.8) is 0 Å². The average molecular weight is 330 g/mol. The highest BCUT2D eigenvalue weighted by molar-refractivity contribution is 5.13. The van der Waals surface area contributed by atoms with Gasteiger partial charge in [-0.15, -0.1) is 0 Å². The third kappa shape index (κ3) is 2.09. The Hall–Kier alpha value is -0.550. The number of hydrogen-bond donors (Lipinski definition) is 1. The second kappa shape index (κ2) is 5.73. The lowest BCUT2D eigenvalue weighted by atomic mass is 9.43. The summed E-state index contributed by atoms with van der Waals surface area (Å²) in [5, 5.41) is 20.2. The van der Waals surface area contributed by atoms with Gasteiger partial charge in [0.1, 0.15) is 0 Å². The molecule has 0 aromatic heterocycles. The molecule has 0 radical (unpaired) electrons. The zero-order valence-electron chi connectivity index (χ0n) is 15.8. The molecule has 0 aromatic rings. The Balaban J connectivity index is 1.64. The van der Waals surface area contributed by atoms with Crippen LogP contribution < -0.4 is 0 Å². The van der Waals surface area contributed by atoms with Gasteiger partial charge < -0.3 is 5.11 Å². The third-order valence-corrected chi connectivity index (χ3v) is 9.56. The van der Waals surface area contributed by atoms with Crippen LogP contribution in [0.15, 0.2) is 0 Å². The first-order valence-corrected chi connectivity index (χ1v) is 10.5. The maximum absolute atomic E-state index is 10.5. The van der Waals surface area contributed by atoms with Crippen molar-refractivity contribution < 1.29 is 5.11 Å². The fraction of sp³-hybridized carbons (Fsp3) is 0.955. The molecule has 4 aliphatic rings. The Bertz CT molecular complexity index is 539. The molecule has 0 saturated heterocycles. The lowest BCUT2D eigenvalue weighted by Crippen LogP contribution is -2.56. The lowest BCUT2D eigenvalue weighted by molar-refractivity contribution is -0.149. The number of hydrogen-bond acceptors (Lipinski definition) is 2. The summed E-state index contributed by atoms with van der Waals surface area (Å²) in [7, 11) is 0. The van der Waals surface area contributed by atoms with Crippen molar-refractivity contribution in [3.8, 4) is 6.07 Å². The van der Waals surface area contributed by atoms with Gasteiger partial charge >= 0.3 is 0 Å². The number of aliphatic hydroxyl groups excluding tert-OH is 1. The van der Waals surface area contributed by atoms with Crippen LogP contribution in [0.3, 0.4) is 0 Å². The predicted octanol–water partition coefficient (Wildman–Crippen LogP) is 5.17. The SMILES string of the molecule is CC[C@H]1[C@H](O)CC[C@]2(C)[C@H]3CC[C@]4(C)[C@@H](C#N)CC[C@H]4[C@@H]3CC[C@@H]12. The van der Waals surface area contributed by atoms with E-state index in [4.69, 9.17) is 0 Å². The van der Waals surface area contributed by atoms with Crippen molar-refractivity contribution in [1.82, 2.24) is 0 Å². The van der Waals surface area contributed by atoms with Crippen LogP contribution in [0.4, 0.5) is 0 Å². The van der Waals surface area contributed by atoms with Gasteiger partial charge in [0.2, 0.25) is 0 Å². The highest BCUT2D eigenvalue weighted by Gasteiger charge is 2.61. The predicted molar refractivity (Wildman–Crippen MR) is 96.0 cm³/mol. The maximum atomic E-state index is 10.5. The van der Waals surface area contributed by atoms with E-state index in [2.05, 4.69) is 26.8 Å². The minimum Gasteiger partial charge on any atom is -0.393 e. The van der Waals surface area contributed by atoms with Crippen LogP contribution in [-0.4, -0.2) is 11.2 Å². The van der Waals surface area contributed by atoms with Crippen LogP contribution in [0.1, 0.15) is 78.6 Å². The monoisotopic (exact) mass is 329 g/mol. The molecule has 4 fully saturated rings. The minimum atomic E-state index is -0.0621. The summed E-state index contributed by atoms with van der Waals surface area (Å²) in [6, 6.07) is 2.65. The second-order valence-corrected chi connectivity index (χ2v) is 10.0. The largest absolute Gasteiger partial charge is 0.393 e. The number of rotatable bonds is 1. The molecule has 1 N–H and O–H groups in total. The first-order valence-electron chi connectivity index (χ1n) is 10.5. The number of aliphatic hydroxyl groups is 1. The average Bonchev–Trinajstić information content (AvgIpc) is 2.91. The molecule has 0 spiro atoms. The summed E-state index contributed by atoms with van der Waals surface area (Å²) in [5.41, 5.74) is 0.729. The van der Waals surface area contributed by atoms with Gasteiger partial charge in [-0.25, -0.2) is 0 Å². The first kappa shape index (κ1) is 16.9. The molecule has 4 aliphatic carbocycles. The highest BCUT2D eigenvalue weighted by Crippen LogP contribution is 2.68. The Morgan fingerprint density at radius 1 is 0.917 bits per heavy atom. The Morgan fingerprint density at radius 3 is 2.29 bits per heavy atom. The Morgan fingerprint density at radius 2 is 1.58 bits per heavy atom. The molecule has 2 nitrogen and oxygen atoms in total. The molecule has 24 heavy (non-hydrogen) atoms. The first-order chi connectivity index (χ1) is 11.5. The Kier molecular flexibility index (Phi) is 4.03.